The first kappa shape index (κ1) is 21.0. The van der Waals surface area contributed by atoms with Crippen molar-refractivity contribution in [3.05, 3.63) is 69.1 Å². The highest BCUT2D eigenvalue weighted by atomic mass is 35.5. The summed E-state index contributed by atoms with van der Waals surface area (Å²) in [6.45, 7) is 0.588. The Morgan fingerprint density at radius 3 is 2.52 bits per heavy atom. The molecule has 8 nitrogen and oxygen atoms in total. The minimum Gasteiger partial charge on any atom is -0.455 e. The second-order valence-corrected chi connectivity index (χ2v) is 8.23. The zero-order chi connectivity index (χ0) is 21.8. The molecule has 0 aliphatic carbocycles. The van der Waals surface area contributed by atoms with Gasteiger partial charge >= 0.3 is 5.97 Å². The lowest BCUT2D eigenvalue weighted by atomic mass is 10.2. The zero-order valence-electron chi connectivity index (χ0n) is 16.2. The van der Waals surface area contributed by atoms with Gasteiger partial charge in [0.05, 0.1) is 5.56 Å². The van der Waals surface area contributed by atoms with E-state index in [1.165, 1.54) is 0 Å². The molecule has 3 aromatic rings. The van der Waals surface area contributed by atoms with Gasteiger partial charge in [0.25, 0.3) is 5.91 Å². The Balaban J connectivity index is 1.31. The van der Waals surface area contributed by atoms with E-state index in [1.54, 1.807) is 53.4 Å². The number of halogens is 1. The molecule has 0 saturated carbocycles. The van der Waals surface area contributed by atoms with Crippen molar-refractivity contribution in [2.45, 2.75) is 19.4 Å². The highest BCUT2D eigenvalue weighted by Gasteiger charge is 2.22. The van der Waals surface area contributed by atoms with Crippen LogP contribution in [0.2, 0.25) is 5.02 Å². The number of benzene rings is 2. The lowest BCUT2D eigenvalue weighted by Crippen LogP contribution is -2.23. The molecule has 1 saturated heterocycles. The van der Waals surface area contributed by atoms with Gasteiger partial charge in [-0.15, -0.1) is 10.2 Å². The maximum atomic E-state index is 12.3. The second kappa shape index (κ2) is 9.23. The molecule has 2 amide bonds. The van der Waals surface area contributed by atoms with Crippen LogP contribution in [0.4, 0.5) is 11.4 Å². The number of nitrogens with one attached hydrogen (secondary N) is 1. The third-order valence-corrected chi connectivity index (χ3v) is 5.73. The first-order valence-corrected chi connectivity index (χ1v) is 10.7. The van der Waals surface area contributed by atoms with Crippen molar-refractivity contribution in [2.24, 2.45) is 0 Å². The van der Waals surface area contributed by atoms with Crippen LogP contribution in [-0.4, -0.2) is 34.5 Å². The number of esters is 1. The summed E-state index contributed by atoms with van der Waals surface area (Å²) in [6.07, 6.45) is 1.38. The molecule has 1 aliphatic heterocycles. The van der Waals surface area contributed by atoms with Crippen LogP contribution in [0.3, 0.4) is 0 Å². The van der Waals surface area contributed by atoms with Crippen LogP contribution in [0.25, 0.3) is 0 Å². The van der Waals surface area contributed by atoms with Gasteiger partial charge in [0.2, 0.25) is 10.9 Å². The molecule has 0 atom stereocenters. The minimum absolute atomic E-state index is 0.0856. The molecule has 2 aromatic carbocycles. The summed E-state index contributed by atoms with van der Waals surface area (Å²) < 4.78 is 5.27. The number of hydrogen-bond donors (Lipinski definition) is 1. The zero-order valence-corrected chi connectivity index (χ0v) is 17.8. The van der Waals surface area contributed by atoms with E-state index in [-0.39, 0.29) is 17.5 Å². The third kappa shape index (κ3) is 5.07. The van der Waals surface area contributed by atoms with Crippen molar-refractivity contribution in [1.29, 1.82) is 0 Å². The van der Waals surface area contributed by atoms with Crippen molar-refractivity contribution < 1.29 is 19.1 Å². The minimum atomic E-state index is -0.526. The van der Waals surface area contributed by atoms with Gasteiger partial charge in [-0.05, 0) is 55.0 Å². The van der Waals surface area contributed by atoms with Crippen molar-refractivity contribution in [3.63, 3.8) is 0 Å². The Morgan fingerprint density at radius 1 is 1.10 bits per heavy atom. The smallest absolute Gasteiger partial charge is 0.338 e. The molecule has 0 unspecified atom stereocenters. The first-order chi connectivity index (χ1) is 15.0. The van der Waals surface area contributed by atoms with E-state index in [1.807, 2.05) is 0 Å². The summed E-state index contributed by atoms with van der Waals surface area (Å²) >= 11 is 6.86. The molecule has 10 heteroatoms. The average Bonchev–Trinajstić information content (AvgIpc) is 3.43. The summed E-state index contributed by atoms with van der Waals surface area (Å²) in [5.74, 6) is -0.853. The second-order valence-electron chi connectivity index (χ2n) is 6.73. The highest BCUT2D eigenvalue weighted by molar-refractivity contribution is 7.13. The molecule has 4 rings (SSSR count). The molecule has 0 spiro atoms. The van der Waals surface area contributed by atoms with E-state index in [2.05, 4.69) is 15.5 Å². The Hall–Kier alpha value is -3.30. The van der Waals surface area contributed by atoms with Crippen LogP contribution in [0.5, 0.6) is 0 Å². The van der Waals surface area contributed by atoms with Gasteiger partial charge in [0, 0.05) is 29.4 Å². The number of ether oxygens (including phenoxy) is 1. The predicted molar refractivity (Wildman–Crippen MR) is 116 cm³/mol. The number of carbonyl (C=O) groups is 3. The quantitative estimate of drug-likeness (QED) is 0.564. The summed E-state index contributed by atoms with van der Waals surface area (Å²) in [4.78, 5) is 38.1. The topological polar surface area (TPSA) is 101 Å². The molecule has 2 heterocycles. The molecule has 1 fully saturated rings. The van der Waals surface area contributed by atoms with Gasteiger partial charge in [-0.1, -0.05) is 22.9 Å². The van der Waals surface area contributed by atoms with Gasteiger partial charge in [0.15, 0.2) is 5.01 Å². The predicted octanol–water partition coefficient (Wildman–Crippen LogP) is 3.93. The number of rotatable bonds is 6. The van der Waals surface area contributed by atoms with Crippen LogP contribution in [-0.2, 0) is 16.1 Å². The van der Waals surface area contributed by atoms with E-state index in [0.29, 0.717) is 34.2 Å². The Labute approximate surface area is 186 Å². The molecule has 158 valence electrons. The van der Waals surface area contributed by atoms with Crippen LogP contribution in [0.1, 0.15) is 38.0 Å². The van der Waals surface area contributed by atoms with Crippen LogP contribution in [0.15, 0.2) is 48.5 Å². The van der Waals surface area contributed by atoms with Gasteiger partial charge in [-0.25, -0.2) is 4.79 Å². The van der Waals surface area contributed by atoms with Crippen molar-refractivity contribution >= 4 is 52.1 Å². The molecule has 1 aliphatic rings. The fourth-order valence-electron chi connectivity index (χ4n) is 3.03. The summed E-state index contributed by atoms with van der Waals surface area (Å²) in [6, 6.07) is 13.4. The molecule has 1 N–H and O–H groups in total. The number of amides is 2. The molecule has 1 aromatic heterocycles. The maximum Gasteiger partial charge on any atom is 0.338 e. The number of anilines is 2. The molecule has 0 radical (unpaired) electrons. The largest absolute Gasteiger partial charge is 0.455 e. The highest BCUT2D eigenvalue weighted by Crippen LogP contribution is 2.22. The molecular weight excluding hydrogens is 440 g/mol. The molecule has 0 bridgehead atoms. The van der Waals surface area contributed by atoms with Crippen LogP contribution >= 0.6 is 22.9 Å². The third-order valence-electron chi connectivity index (χ3n) is 4.58. The summed E-state index contributed by atoms with van der Waals surface area (Å²) in [5, 5.41) is 11.6. The fraction of sp³-hybridized carbons (Fsp3) is 0.190. The Morgan fingerprint density at radius 2 is 1.84 bits per heavy atom. The molecular formula is C21H17ClN4O4S. The average molecular weight is 457 g/mol. The monoisotopic (exact) mass is 456 g/mol. The van der Waals surface area contributed by atoms with Gasteiger partial charge in [-0.2, -0.15) is 0 Å². The Bertz CT molecular complexity index is 1120. The van der Waals surface area contributed by atoms with Crippen LogP contribution < -0.4 is 10.2 Å². The van der Waals surface area contributed by atoms with E-state index < -0.39 is 11.9 Å². The van der Waals surface area contributed by atoms with E-state index in [9.17, 15) is 14.4 Å². The Kier molecular flexibility index (Phi) is 6.24. The number of carbonyl (C=O) groups excluding carboxylic acids is 3. The summed E-state index contributed by atoms with van der Waals surface area (Å²) in [7, 11) is 0. The maximum absolute atomic E-state index is 12.3. The van der Waals surface area contributed by atoms with Gasteiger partial charge in [0.1, 0.15) is 6.61 Å². The standard InChI is InChI=1S/C21H17ClN4O4S/c22-14-5-7-15(8-6-14)23-19(28)20-25-24-17(31-20)12-30-21(29)13-3-9-16(10-4-13)26-11-1-2-18(26)27/h3-10H,1-2,11-12H2,(H,23,28). The summed E-state index contributed by atoms with van der Waals surface area (Å²) in [5.41, 5.74) is 1.71. The van der Waals surface area contributed by atoms with E-state index in [0.717, 1.165) is 23.4 Å². The van der Waals surface area contributed by atoms with Gasteiger partial charge in [-0.3, -0.25) is 9.59 Å². The van der Waals surface area contributed by atoms with Gasteiger partial charge < -0.3 is 15.0 Å². The van der Waals surface area contributed by atoms with E-state index in [4.69, 9.17) is 16.3 Å². The lowest BCUT2D eigenvalue weighted by molar-refractivity contribution is -0.117. The van der Waals surface area contributed by atoms with Crippen molar-refractivity contribution in [1.82, 2.24) is 10.2 Å². The first-order valence-electron chi connectivity index (χ1n) is 9.46. The number of aromatic nitrogens is 2. The van der Waals surface area contributed by atoms with Crippen molar-refractivity contribution in [3.8, 4) is 0 Å². The molecule has 31 heavy (non-hydrogen) atoms. The van der Waals surface area contributed by atoms with Crippen LogP contribution in [0, 0.1) is 0 Å². The fourth-order valence-corrected chi connectivity index (χ4v) is 3.80. The number of nitrogens with zero attached hydrogens (tertiary/aromatic N) is 3. The lowest BCUT2D eigenvalue weighted by Gasteiger charge is -2.15. The number of hydrogen-bond acceptors (Lipinski definition) is 7. The van der Waals surface area contributed by atoms with E-state index >= 15 is 0 Å². The normalized spacial score (nSPS) is 13.3. The van der Waals surface area contributed by atoms with Crippen molar-refractivity contribution in [2.75, 3.05) is 16.8 Å². The SMILES string of the molecule is O=C(OCc1nnc(C(=O)Nc2ccc(Cl)cc2)s1)c1ccc(N2CCCC2=O)cc1.